The quantitative estimate of drug-likeness (QED) is 0.157. The van der Waals surface area contributed by atoms with E-state index in [4.69, 9.17) is 10.5 Å². The van der Waals surface area contributed by atoms with Gasteiger partial charge in [-0.1, -0.05) is 37.3 Å². The van der Waals surface area contributed by atoms with Crippen molar-refractivity contribution in [2.45, 2.75) is 32.9 Å². The van der Waals surface area contributed by atoms with Gasteiger partial charge < -0.3 is 20.1 Å². The zero-order valence-electron chi connectivity index (χ0n) is 23.7. The SMILES string of the molecule is COC(=O)Cn1c(=O)c(C(=O)COC(=O)c2ccc(N3CCCC(C)C3)c([N+](=O)[O-])c2)c(N)n(Cc2ccccc2)c1=O. The minimum absolute atomic E-state index is 0.126. The van der Waals surface area contributed by atoms with Gasteiger partial charge in [0.25, 0.3) is 11.2 Å². The number of esters is 2. The predicted octanol–water partition coefficient (Wildman–Crippen LogP) is 2.00. The molecule has 1 saturated heterocycles. The monoisotopic (exact) mass is 593 g/mol. The van der Waals surface area contributed by atoms with Crippen molar-refractivity contribution >= 4 is 34.9 Å². The van der Waals surface area contributed by atoms with Gasteiger partial charge in [-0.05, 0) is 36.5 Å². The van der Waals surface area contributed by atoms with Crippen LogP contribution >= 0.6 is 0 Å². The van der Waals surface area contributed by atoms with Crippen molar-refractivity contribution in [1.82, 2.24) is 9.13 Å². The van der Waals surface area contributed by atoms with Gasteiger partial charge >= 0.3 is 17.6 Å². The van der Waals surface area contributed by atoms with Crippen LogP contribution in [-0.4, -0.2) is 58.6 Å². The van der Waals surface area contributed by atoms with Crippen LogP contribution in [-0.2, 0) is 27.4 Å². The fourth-order valence-corrected chi connectivity index (χ4v) is 4.99. The highest BCUT2D eigenvalue weighted by molar-refractivity contribution is 6.02. The Balaban J connectivity index is 1.61. The first-order chi connectivity index (χ1) is 20.5. The van der Waals surface area contributed by atoms with E-state index in [2.05, 4.69) is 11.7 Å². The molecule has 2 N–H and O–H groups in total. The number of benzene rings is 2. The van der Waals surface area contributed by atoms with Crippen LogP contribution < -0.4 is 21.9 Å². The third-order valence-electron chi connectivity index (χ3n) is 7.18. The van der Waals surface area contributed by atoms with E-state index >= 15 is 0 Å². The van der Waals surface area contributed by atoms with E-state index in [9.17, 15) is 34.1 Å². The molecule has 4 rings (SSSR count). The number of methoxy groups -OCH3 is 1. The smallest absolute Gasteiger partial charge is 0.338 e. The largest absolute Gasteiger partial charge is 0.468 e. The molecule has 0 saturated carbocycles. The van der Waals surface area contributed by atoms with E-state index in [0.29, 0.717) is 34.8 Å². The van der Waals surface area contributed by atoms with Crippen LogP contribution in [0.4, 0.5) is 17.2 Å². The fraction of sp³-hybridized carbons (Fsp3) is 0.345. The molecule has 0 amide bonds. The van der Waals surface area contributed by atoms with E-state index in [1.807, 2.05) is 4.90 Å². The van der Waals surface area contributed by atoms with Crippen molar-refractivity contribution in [3.63, 3.8) is 0 Å². The standard InChI is InChI=1S/C29H31N5O9/c1-18-7-6-12-31(14-18)21-11-10-20(13-22(21)34(40)41)28(38)43-17-23(35)25-26(30)32(15-19-8-4-3-5-9-19)29(39)33(27(25)37)16-24(36)42-2/h3-5,8-11,13,18H,6-7,12,14-17,30H2,1-2H3. The van der Waals surface area contributed by atoms with Crippen LogP contribution in [0.2, 0.25) is 0 Å². The first-order valence-corrected chi connectivity index (χ1v) is 13.5. The first-order valence-electron chi connectivity index (χ1n) is 13.5. The maximum absolute atomic E-state index is 13.2. The molecule has 14 heteroatoms. The number of nitro benzene ring substituents is 1. The van der Waals surface area contributed by atoms with Gasteiger partial charge in [0, 0.05) is 19.2 Å². The number of nitro groups is 1. The first kappa shape index (κ1) is 30.7. The lowest BCUT2D eigenvalue weighted by atomic mass is 9.99. The van der Waals surface area contributed by atoms with Crippen molar-refractivity contribution in [3.05, 3.63) is 96.2 Å². The van der Waals surface area contributed by atoms with E-state index < -0.39 is 58.4 Å². The number of carbonyl (C=O) groups excluding carboxylic acids is 3. The molecule has 1 fully saturated rings. The summed E-state index contributed by atoms with van der Waals surface area (Å²) in [5, 5.41) is 11.8. The number of hydrogen-bond donors (Lipinski definition) is 1. The van der Waals surface area contributed by atoms with Crippen LogP contribution in [0.5, 0.6) is 0 Å². The van der Waals surface area contributed by atoms with Gasteiger partial charge in [-0.3, -0.25) is 29.1 Å². The van der Waals surface area contributed by atoms with Crippen molar-refractivity contribution in [1.29, 1.82) is 0 Å². The molecule has 1 aromatic heterocycles. The summed E-state index contributed by atoms with van der Waals surface area (Å²) in [6.45, 7) is 1.48. The third-order valence-corrected chi connectivity index (χ3v) is 7.18. The van der Waals surface area contributed by atoms with Crippen molar-refractivity contribution in [3.8, 4) is 0 Å². The Kier molecular flexibility index (Phi) is 9.38. The molecular weight excluding hydrogens is 562 g/mol. The number of piperidine rings is 1. The Morgan fingerprint density at radius 2 is 1.81 bits per heavy atom. The highest BCUT2D eigenvalue weighted by atomic mass is 16.6. The van der Waals surface area contributed by atoms with Crippen LogP contribution in [0.3, 0.4) is 0 Å². The Bertz CT molecular complexity index is 1680. The van der Waals surface area contributed by atoms with Gasteiger partial charge in [0.15, 0.2) is 6.61 Å². The number of carbonyl (C=O) groups is 3. The maximum atomic E-state index is 13.2. The summed E-state index contributed by atoms with van der Waals surface area (Å²) in [4.78, 5) is 77.4. The Morgan fingerprint density at radius 1 is 1.09 bits per heavy atom. The van der Waals surface area contributed by atoms with Gasteiger partial charge in [0.1, 0.15) is 23.6 Å². The molecule has 2 aromatic carbocycles. The lowest BCUT2D eigenvalue weighted by Gasteiger charge is -2.32. The average Bonchev–Trinajstić information content (AvgIpc) is 3.00. The number of anilines is 2. The normalized spacial score (nSPS) is 14.7. The molecule has 3 aromatic rings. The lowest BCUT2D eigenvalue weighted by molar-refractivity contribution is -0.384. The molecule has 1 aliphatic heterocycles. The molecule has 1 unspecified atom stereocenters. The Labute approximate surface area is 245 Å². The van der Waals surface area contributed by atoms with Gasteiger partial charge in [0.2, 0.25) is 5.78 Å². The molecule has 43 heavy (non-hydrogen) atoms. The number of nitrogen functional groups attached to an aromatic ring is 1. The zero-order chi connectivity index (χ0) is 31.3. The number of rotatable bonds is 10. The van der Waals surface area contributed by atoms with Gasteiger partial charge in [-0.2, -0.15) is 0 Å². The summed E-state index contributed by atoms with van der Waals surface area (Å²) >= 11 is 0. The minimum Gasteiger partial charge on any atom is -0.468 e. The van der Waals surface area contributed by atoms with Crippen molar-refractivity contribution in [2.75, 3.05) is 37.4 Å². The van der Waals surface area contributed by atoms with Crippen molar-refractivity contribution < 1.29 is 28.8 Å². The second-order valence-electron chi connectivity index (χ2n) is 10.2. The van der Waals surface area contributed by atoms with E-state index in [1.54, 1.807) is 30.3 Å². The second kappa shape index (κ2) is 13.1. The maximum Gasteiger partial charge on any atom is 0.338 e. The van der Waals surface area contributed by atoms with Gasteiger partial charge in [0.05, 0.1) is 24.1 Å². The number of ketones is 1. The molecule has 1 aliphatic rings. The predicted molar refractivity (Wildman–Crippen MR) is 155 cm³/mol. The Hall–Kier alpha value is -5.27. The van der Waals surface area contributed by atoms with Gasteiger partial charge in [-0.25, -0.2) is 14.2 Å². The summed E-state index contributed by atoms with van der Waals surface area (Å²) in [5.74, 6) is -3.11. The van der Waals surface area contributed by atoms with E-state index in [1.165, 1.54) is 12.1 Å². The molecule has 0 radical (unpaired) electrons. The summed E-state index contributed by atoms with van der Waals surface area (Å²) in [5.41, 5.74) is 3.91. The lowest BCUT2D eigenvalue weighted by Crippen LogP contribution is -2.46. The number of nitrogens with two attached hydrogens (primary N) is 1. The van der Waals surface area contributed by atoms with Gasteiger partial charge in [-0.15, -0.1) is 0 Å². The van der Waals surface area contributed by atoms with Crippen LogP contribution in [0.25, 0.3) is 0 Å². The zero-order valence-corrected chi connectivity index (χ0v) is 23.7. The highest BCUT2D eigenvalue weighted by Gasteiger charge is 2.28. The number of hydrogen-bond acceptors (Lipinski definition) is 11. The minimum atomic E-state index is -1.16. The van der Waals surface area contributed by atoms with Crippen LogP contribution in [0.1, 0.15) is 46.0 Å². The summed E-state index contributed by atoms with van der Waals surface area (Å²) in [6.07, 6.45) is 1.90. The third kappa shape index (κ3) is 6.80. The molecule has 0 bridgehead atoms. The molecular formula is C29H31N5O9. The van der Waals surface area contributed by atoms with Crippen molar-refractivity contribution in [2.24, 2.45) is 5.92 Å². The molecule has 0 spiro atoms. The fourth-order valence-electron chi connectivity index (χ4n) is 4.99. The summed E-state index contributed by atoms with van der Waals surface area (Å²) < 4.78 is 11.2. The van der Waals surface area contributed by atoms with Crippen LogP contribution in [0, 0.1) is 16.0 Å². The molecule has 2 heterocycles. The topological polar surface area (TPSA) is 186 Å². The molecule has 0 aliphatic carbocycles. The number of nitrogens with zero attached hydrogens (tertiary/aromatic N) is 4. The highest BCUT2D eigenvalue weighted by Crippen LogP contribution is 2.32. The second-order valence-corrected chi connectivity index (χ2v) is 10.2. The van der Waals surface area contributed by atoms with E-state index in [0.717, 1.165) is 30.6 Å². The molecule has 14 nitrogen and oxygen atoms in total. The number of Topliss-reactive ketones (excluding diaryl/α,β-unsaturated/α-hetero) is 1. The van der Waals surface area contributed by atoms with Crippen LogP contribution in [0.15, 0.2) is 58.1 Å². The van der Waals surface area contributed by atoms with E-state index in [-0.39, 0.29) is 17.8 Å². The Morgan fingerprint density at radius 3 is 2.47 bits per heavy atom. The summed E-state index contributed by atoms with van der Waals surface area (Å²) in [6, 6.07) is 12.5. The molecule has 226 valence electrons. The molecule has 1 atom stereocenters. The summed E-state index contributed by atoms with van der Waals surface area (Å²) in [7, 11) is 1.07. The number of aromatic nitrogens is 2. The average molecular weight is 594 g/mol. The number of ether oxygens (including phenoxy) is 2.